The fourth-order valence-corrected chi connectivity index (χ4v) is 5.21. The Morgan fingerprint density at radius 3 is 2.31 bits per heavy atom. The summed E-state index contributed by atoms with van der Waals surface area (Å²) in [7, 11) is -4.01. The van der Waals surface area contributed by atoms with Gasteiger partial charge in [0.25, 0.3) is 10.2 Å². The van der Waals surface area contributed by atoms with Crippen molar-refractivity contribution in [3.05, 3.63) is 23.9 Å². The number of morpholine rings is 1. The van der Waals surface area contributed by atoms with Crippen LogP contribution in [0.5, 0.6) is 5.88 Å². The number of aromatic nitrogens is 1. The van der Waals surface area contributed by atoms with Gasteiger partial charge in [-0.3, -0.25) is 0 Å². The second kappa shape index (κ2) is 12.4. The van der Waals surface area contributed by atoms with Gasteiger partial charge in [-0.25, -0.2) is 9.78 Å². The van der Waals surface area contributed by atoms with E-state index in [4.69, 9.17) is 25.1 Å². The number of pyridine rings is 1. The van der Waals surface area contributed by atoms with Crippen LogP contribution in [0.15, 0.2) is 18.3 Å². The third kappa shape index (κ3) is 8.72. The van der Waals surface area contributed by atoms with Gasteiger partial charge >= 0.3 is 18.3 Å². The lowest BCUT2D eigenvalue weighted by molar-refractivity contribution is -0.192. The molecule has 1 aromatic heterocycles. The molecule has 0 saturated carbocycles. The summed E-state index contributed by atoms with van der Waals surface area (Å²) in [5.41, 5.74) is 6.35. The molecule has 0 spiro atoms. The smallest absolute Gasteiger partial charge is 0.477 e. The van der Waals surface area contributed by atoms with Gasteiger partial charge in [-0.05, 0) is 18.1 Å². The average Bonchev–Trinajstić information content (AvgIpc) is 2.82. The van der Waals surface area contributed by atoms with Crippen LogP contribution in [0.3, 0.4) is 0 Å². The second-order valence-corrected chi connectivity index (χ2v) is 9.93. The van der Waals surface area contributed by atoms with Crippen molar-refractivity contribution < 1.29 is 54.1 Å². The summed E-state index contributed by atoms with van der Waals surface area (Å²) in [4.78, 5) is 12.9. The Labute approximate surface area is 203 Å². The van der Waals surface area contributed by atoms with Crippen LogP contribution in [0, 0.1) is 11.8 Å². The molecule has 2 fully saturated rings. The molecular formula is C19H26F6N4O6S. The molecule has 0 radical (unpaired) electrons. The van der Waals surface area contributed by atoms with E-state index < -0.39 is 46.9 Å². The lowest BCUT2D eigenvalue weighted by Gasteiger charge is -2.40. The van der Waals surface area contributed by atoms with Crippen molar-refractivity contribution in [3.8, 4) is 5.88 Å². The molecule has 2 atom stereocenters. The maximum atomic E-state index is 13.5. The molecule has 3 heterocycles. The van der Waals surface area contributed by atoms with Gasteiger partial charge in [-0.1, -0.05) is 0 Å². The highest BCUT2D eigenvalue weighted by atomic mass is 32.2. The third-order valence-electron chi connectivity index (χ3n) is 5.33. The number of carboxylic acid groups (broad SMARTS) is 1. The Kier molecular flexibility index (Phi) is 10.3. The molecule has 2 aliphatic heterocycles. The maximum Gasteiger partial charge on any atom is 0.490 e. The molecule has 2 unspecified atom stereocenters. The predicted octanol–water partition coefficient (Wildman–Crippen LogP) is 1.63. The predicted molar refractivity (Wildman–Crippen MR) is 112 cm³/mol. The van der Waals surface area contributed by atoms with Gasteiger partial charge in [0.05, 0.1) is 25.7 Å². The monoisotopic (exact) mass is 552 g/mol. The number of hydrogen-bond donors (Lipinski definition) is 2. The fraction of sp³-hybridized carbons (Fsp3) is 0.684. The summed E-state index contributed by atoms with van der Waals surface area (Å²) in [6.45, 7) is 0.312. The zero-order chi connectivity index (χ0) is 27.1. The Balaban J connectivity index is 0.000000572. The van der Waals surface area contributed by atoms with Gasteiger partial charge in [-0.15, -0.1) is 0 Å². The highest BCUT2D eigenvalue weighted by Gasteiger charge is 2.48. The summed E-state index contributed by atoms with van der Waals surface area (Å²) in [6, 6.07) is 3.33. The number of hydrogen-bond acceptors (Lipinski definition) is 7. The molecule has 17 heteroatoms. The molecular weight excluding hydrogens is 526 g/mol. The molecule has 0 aliphatic carbocycles. The highest BCUT2D eigenvalue weighted by molar-refractivity contribution is 7.86. The van der Waals surface area contributed by atoms with Gasteiger partial charge in [-0.2, -0.15) is 43.4 Å². The van der Waals surface area contributed by atoms with Crippen LogP contribution in [0.2, 0.25) is 0 Å². The van der Waals surface area contributed by atoms with Crippen LogP contribution in [-0.4, -0.2) is 91.4 Å². The van der Waals surface area contributed by atoms with Crippen LogP contribution in [0.25, 0.3) is 0 Å². The van der Waals surface area contributed by atoms with Crippen LogP contribution in [0.4, 0.5) is 26.3 Å². The molecule has 36 heavy (non-hydrogen) atoms. The Bertz CT molecular complexity index is 972. The SMILES string of the molecule is NCc1ccnc(OCC2CC(C(F)(F)F)CN(S(=O)(=O)N3CCOCC3)C2)c1.O=C(O)C(F)(F)F. The van der Waals surface area contributed by atoms with Crippen molar-refractivity contribution in [2.24, 2.45) is 17.6 Å². The van der Waals surface area contributed by atoms with Crippen molar-refractivity contribution in [2.75, 3.05) is 46.0 Å². The summed E-state index contributed by atoms with van der Waals surface area (Å²) in [6.07, 6.45) is -8.27. The van der Waals surface area contributed by atoms with E-state index in [0.717, 1.165) is 9.87 Å². The maximum absolute atomic E-state index is 13.5. The molecule has 2 aliphatic rings. The average molecular weight is 552 g/mol. The minimum absolute atomic E-state index is 0.0388. The van der Waals surface area contributed by atoms with Crippen molar-refractivity contribution in [2.45, 2.75) is 25.3 Å². The van der Waals surface area contributed by atoms with Crippen molar-refractivity contribution in [1.82, 2.24) is 13.6 Å². The quantitative estimate of drug-likeness (QED) is 0.509. The van der Waals surface area contributed by atoms with E-state index in [1.165, 1.54) is 10.5 Å². The zero-order valence-corrected chi connectivity index (χ0v) is 19.7. The van der Waals surface area contributed by atoms with Crippen molar-refractivity contribution >= 4 is 16.2 Å². The Hall–Kier alpha value is -2.21. The van der Waals surface area contributed by atoms with Gasteiger partial charge < -0.3 is 20.3 Å². The zero-order valence-electron chi connectivity index (χ0n) is 18.8. The lowest BCUT2D eigenvalue weighted by Crippen LogP contribution is -2.55. The normalized spacial score (nSPS) is 22.4. The highest BCUT2D eigenvalue weighted by Crippen LogP contribution is 2.37. The molecule has 2 saturated heterocycles. The molecule has 0 bridgehead atoms. The Morgan fingerprint density at radius 2 is 1.78 bits per heavy atom. The molecule has 10 nitrogen and oxygen atoms in total. The van der Waals surface area contributed by atoms with Crippen LogP contribution in [-0.2, 0) is 26.3 Å². The van der Waals surface area contributed by atoms with Gasteiger partial charge in [0, 0.05) is 50.9 Å². The number of halogens is 6. The number of ether oxygens (including phenoxy) is 2. The largest absolute Gasteiger partial charge is 0.490 e. The van der Waals surface area contributed by atoms with E-state index in [-0.39, 0.29) is 58.3 Å². The van der Waals surface area contributed by atoms with Crippen molar-refractivity contribution in [3.63, 3.8) is 0 Å². The number of nitrogens with zero attached hydrogens (tertiary/aromatic N) is 3. The van der Waals surface area contributed by atoms with Crippen LogP contribution in [0.1, 0.15) is 12.0 Å². The molecule has 0 amide bonds. The fourth-order valence-electron chi connectivity index (χ4n) is 3.51. The third-order valence-corrected chi connectivity index (χ3v) is 7.30. The van der Waals surface area contributed by atoms with E-state index in [1.807, 2.05) is 0 Å². The van der Waals surface area contributed by atoms with Crippen molar-refractivity contribution in [1.29, 1.82) is 0 Å². The first-order chi connectivity index (χ1) is 16.6. The Morgan fingerprint density at radius 1 is 1.17 bits per heavy atom. The van der Waals surface area contributed by atoms with Crippen LogP contribution < -0.4 is 10.5 Å². The number of carbonyl (C=O) groups is 1. The number of piperidine rings is 1. The first kappa shape index (κ1) is 30.0. The summed E-state index contributed by atoms with van der Waals surface area (Å²) >= 11 is 0. The minimum Gasteiger partial charge on any atom is -0.477 e. The van der Waals surface area contributed by atoms with E-state index >= 15 is 0 Å². The number of alkyl halides is 6. The van der Waals surface area contributed by atoms with E-state index in [2.05, 4.69) is 4.98 Å². The van der Waals surface area contributed by atoms with E-state index in [0.29, 0.717) is 0 Å². The van der Waals surface area contributed by atoms with E-state index in [1.54, 1.807) is 12.1 Å². The topological polar surface area (TPSA) is 135 Å². The number of carboxylic acids is 1. The lowest BCUT2D eigenvalue weighted by atomic mass is 9.90. The number of nitrogens with two attached hydrogens (primary N) is 1. The van der Waals surface area contributed by atoms with Gasteiger partial charge in [0.2, 0.25) is 5.88 Å². The standard InChI is InChI=1S/C17H25F3N4O4S.C2HF3O2/c18-17(19,20)15-7-14(12-28-16-8-13(9-21)1-2-22-16)10-24(11-15)29(25,26)23-3-5-27-6-4-23;3-2(4,5)1(6)7/h1-2,8,14-15H,3-7,9-12,21H2;(H,6,7). The number of aliphatic carboxylic acids is 1. The van der Waals surface area contributed by atoms with Gasteiger partial charge in [0.1, 0.15) is 0 Å². The summed E-state index contributed by atoms with van der Waals surface area (Å²) in [5.74, 6) is -4.87. The second-order valence-electron chi connectivity index (χ2n) is 8.00. The van der Waals surface area contributed by atoms with E-state index in [9.17, 15) is 34.8 Å². The van der Waals surface area contributed by atoms with Crippen LogP contribution >= 0.6 is 0 Å². The molecule has 1 aromatic rings. The first-order valence-corrected chi connectivity index (χ1v) is 12.0. The van der Waals surface area contributed by atoms with Gasteiger partial charge in [0.15, 0.2) is 0 Å². The molecule has 3 N–H and O–H groups in total. The minimum atomic E-state index is -5.08. The molecule has 3 rings (SSSR count). The number of rotatable bonds is 6. The summed E-state index contributed by atoms with van der Waals surface area (Å²) in [5, 5.41) is 7.12. The molecule has 206 valence electrons. The molecule has 0 aromatic carbocycles. The first-order valence-electron chi connectivity index (χ1n) is 10.6. The summed E-state index contributed by atoms with van der Waals surface area (Å²) < 4.78 is 111.